The van der Waals surface area contributed by atoms with Gasteiger partial charge in [0.15, 0.2) is 0 Å². The first kappa shape index (κ1) is 36.7. The highest BCUT2D eigenvalue weighted by Gasteiger charge is 2.30. The molecule has 0 bridgehead atoms. The molecule has 15 heteroatoms. The maximum absolute atomic E-state index is 13.8. The average molecular weight is 722 g/mol. The van der Waals surface area contributed by atoms with Gasteiger partial charge in [-0.15, -0.1) is 10.2 Å². The highest BCUT2D eigenvalue weighted by Crippen LogP contribution is 2.29. The molecule has 5 amide bonds. The molecule has 15 nitrogen and oxygen atoms in total. The first-order valence-electron chi connectivity index (χ1n) is 17.8. The minimum atomic E-state index is -1.06. The Morgan fingerprint density at radius 1 is 0.925 bits per heavy atom. The fourth-order valence-corrected chi connectivity index (χ4v) is 6.88. The number of benzene rings is 3. The molecule has 1 aliphatic heterocycles. The van der Waals surface area contributed by atoms with Crippen molar-refractivity contribution in [2.75, 3.05) is 18.4 Å². The number of carboxylic acid groups (broad SMARTS) is 1. The van der Waals surface area contributed by atoms with Crippen molar-refractivity contribution in [2.24, 2.45) is 11.8 Å². The highest BCUT2D eigenvalue weighted by atomic mass is 16.4. The number of anilines is 1. The quantitative estimate of drug-likeness (QED) is 0.113. The van der Waals surface area contributed by atoms with Gasteiger partial charge in [0, 0.05) is 54.7 Å². The number of amides is 5. The first-order valence-corrected chi connectivity index (χ1v) is 17.8. The molecule has 2 aliphatic rings. The van der Waals surface area contributed by atoms with Gasteiger partial charge in [0.05, 0.1) is 0 Å². The van der Waals surface area contributed by atoms with Gasteiger partial charge in [0.2, 0.25) is 23.5 Å². The van der Waals surface area contributed by atoms with Crippen LogP contribution in [0.2, 0.25) is 0 Å². The molecule has 3 aromatic carbocycles. The van der Waals surface area contributed by atoms with Crippen LogP contribution in [0.3, 0.4) is 0 Å². The number of piperidine rings is 1. The zero-order valence-corrected chi connectivity index (χ0v) is 29.4. The van der Waals surface area contributed by atoms with Crippen LogP contribution in [0.1, 0.15) is 60.0 Å². The van der Waals surface area contributed by atoms with Gasteiger partial charge in [-0.05, 0) is 109 Å². The number of nitrogens with zero attached hydrogens (tertiary/aromatic N) is 3. The van der Waals surface area contributed by atoms with Crippen molar-refractivity contribution in [1.29, 1.82) is 0 Å². The summed E-state index contributed by atoms with van der Waals surface area (Å²) in [4.78, 5) is 63.1. The summed E-state index contributed by atoms with van der Waals surface area (Å²) in [6, 6.07) is 19.1. The number of H-pyrrole nitrogens is 1. The Bertz CT molecular complexity index is 1920. The Morgan fingerprint density at radius 2 is 1.66 bits per heavy atom. The molecule has 1 saturated heterocycles. The molecule has 4 aromatic rings. The van der Waals surface area contributed by atoms with E-state index in [9.17, 15) is 24.0 Å². The fraction of sp³-hybridized carbons (Fsp3) is 0.368. The van der Waals surface area contributed by atoms with E-state index in [0.717, 1.165) is 27.8 Å². The Morgan fingerprint density at radius 3 is 2.34 bits per heavy atom. The zero-order valence-electron chi connectivity index (χ0n) is 29.4. The van der Waals surface area contributed by atoms with Crippen LogP contribution in [-0.2, 0) is 20.8 Å². The zero-order chi connectivity index (χ0) is 37.3. The van der Waals surface area contributed by atoms with Gasteiger partial charge < -0.3 is 31.7 Å². The number of hydrogen-bond acceptors (Lipinski definition) is 8. The smallest absolute Gasteiger partial charge is 0.404 e. The predicted molar refractivity (Wildman–Crippen MR) is 195 cm³/mol. The van der Waals surface area contributed by atoms with Crippen LogP contribution < -0.4 is 26.6 Å². The lowest BCUT2D eigenvalue weighted by Gasteiger charge is -2.29. The number of aromatic amines is 1. The van der Waals surface area contributed by atoms with Gasteiger partial charge in [-0.1, -0.05) is 30.3 Å². The average Bonchev–Trinajstić information content (AvgIpc) is 3.70. The molecular formula is C38H43N9O6. The molecule has 1 aliphatic carbocycles. The Kier molecular flexibility index (Phi) is 11.7. The van der Waals surface area contributed by atoms with Gasteiger partial charge in [0.25, 0.3) is 5.91 Å². The Hall–Kier alpha value is -6.12. The summed E-state index contributed by atoms with van der Waals surface area (Å²) in [6.45, 7) is 2.86. The fourth-order valence-electron chi connectivity index (χ4n) is 6.88. The summed E-state index contributed by atoms with van der Waals surface area (Å²) >= 11 is 0. The van der Waals surface area contributed by atoms with Crippen molar-refractivity contribution in [3.8, 4) is 22.5 Å². The van der Waals surface area contributed by atoms with Crippen LogP contribution in [0.5, 0.6) is 0 Å². The highest BCUT2D eigenvalue weighted by molar-refractivity contribution is 5.98. The summed E-state index contributed by atoms with van der Waals surface area (Å²) < 4.78 is 0. The topological polar surface area (TPSA) is 220 Å². The largest absolute Gasteiger partial charge is 0.465 e. The van der Waals surface area contributed by atoms with Crippen LogP contribution in [0.15, 0.2) is 66.7 Å². The van der Waals surface area contributed by atoms with E-state index in [2.05, 4.69) is 47.2 Å². The molecule has 7 N–H and O–H groups in total. The maximum atomic E-state index is 13.8. The standard InChI is InChI=1S/C38H43N9O6/c1-22-2-7-28(36(50)42-30-16-17-39-33(48)20-30)19-31(22)25-8-3-23(4-9-25)18-32(43-35(49)27-10-5-24(6-11-27)21-40-38(52)53)37(51)41-29-14-12-26(13-15-29)34-44-46-47-45-34/h2-4,7-9,12-15,19,24,27,30,32,40H,5-6,10-11,16-18,20-21H2,1H3,(H,39,48)(H,41,51)(H,42,50)(H,43,49)(H,52,53)(H,44,45,46,47)/t24-,27-,30?,32-/m0/s1. The number of tetrazole rings is 1. The van der Waals surface area contributed by atoms with Gasteiger partial charge in [0.1, 0.15) is 6.04 Å². The van der Waals surface area contributed by atoms with E-state index >= 15 is 0 Å². The van der Waals surface area contributed by atoms with Crippen molar-refractivity contribution >= 4 is 35.4 Å². The number of carbonyl (C=O) groups is 5. The van der Waals surface area contributed by atoms with Crippen molar-refractivity contribution in [2.45, 2.75) is 64.0 Å². The molecule has 0 spiro atoms. The van der Waals surface area contributed by atoms with Crippen LogP contribution in [-0.4, -0.2) is 80.6 Å². The maximum Gasteiger partial charge on any atom is 0.404 e. The lowest BCUT2D eigenvalue weighted by molar-refractivity contribution is -0.130. The van der Waals surface area contributed by atoms with E-state index in [1.165, 1.54) is 0 Å². The van der Waals surface area contributed by atoms with Crippen molar-refractivity contribution in [1.82, 2.24) is 41.9 Å². The molecule has 276 valence electrons. The number of rotatable bonds is 12. The third kappa shape index (κ3) is 9.81. The molecule has 1 unspecified atom stereocenters. The van der Waals surface area contributed by atoms with Crippen molar-refractivity contribution in [3.05, 3.63) is 83.4 Å². The second kappa shape index (κ2) is 16.9. The monoisotopic (exact) mass is 721 g/mol. The summed E-state index contributed by atoms with van der Waals surface area (Å²) in [7, 11) is 0. The Balaban J connectivity index is 1.14. The number of hydrogen-bond donors (Lipinski definition) is 7. The van der Waals surface area contributed by atoms with E-state index in [4.69, 9.17) is 5.11 Å². The second-order valence-corrected chi connectivity index (χ2v) is 13.7. The summed E-state index contributed by atoms with van der Waals surface area (Å²) in [5.74, 6) is -0.590. The Labute approximate surface area is 306 Å². The van der Waals surface area contributed by atoms with Gasteiger partial charge in [-0.3, -0.25) is 19.2 Å². The molecule has 2 heterocycles. The SMILES string of the molecule is Cc1ccc(C(=O)NC2CCNC(=O)C2)cc1-c1ccc(C[C@H](NC(=O)[C@H]2CC[C@H](CNC(=O)O)CC2)C(=O)Nc2ccc(-c3nn[nH]n3)cc2)cc1. The number of carbonyl (C=O) groups excluding carboxylic acids is 4. The minimum absolute atomic E-state index is 0.0732. The van der Waals surface area contributed by atoms with Crippen molar-refractivity contribution < 1.29 is 29.1 Å². The number of aromatic nitrogens is 4. The normalized spacial score (nSPS) is 19.0. The van der Waals surface area contributed by atoms with Crippen molar-refractivity contribution in [3.63, 3.8) is 0 Å². The second-order valence-electron chi connectivity index (χ2n) is 13.7. The number of aryl methyl sites for hydroxylation is 1. The molecule has 1 aromatic heterocycles. The summed E-state index contributed by atoms with van der Waals surface area (Å²) in [6.07, 6.45) is 2.73. The number of nitrogens with one attached hydrogen (secondary N) is 6. The van der Waals surface area contributed by atoms with E-state index < -0.39 is 12.1 Å². The predicted octanol–water partition coefficient (Wildman–Crippen LogP) is 3.59. The molecule has 6 rings (SSSR count). The summed E-state index contributed by atoms with van der Waals surface area (Å²) in [5, 5.41) is 37.0. The molecule has 1 saturated carbocycles. The van der Waals surface area contributed by atoms with Gasteiger partial charge in [-0.2, -0.15) is 5.21 Å². The van der Waals surface area contributed by atoms with Crippen LogP contribution in [0.25, 0.3) is 22.5 Å². The van der Waals surface area contributed by atoms with Crippen LogP contribution >= 0.6 is 0 Å². The van der Waals surface area contributed by atoms with E-state index in [-0.39, 0.29) is 54.3 Å². The lowest BCUT2D eigenvalue weighted by Crippen LogP contribution is -2.48. The van der Waals surface area contributed by atoms with Crippen LogP contribution in [0.4, 0.5) is 10.5 Å². The van der Waals surface area contributed by atoms with E-state index in [0.29, 0.717) is 62.3 Å². The molecule has 2 atom stereocenters. The van der Waals surface area contributed by atoms with E-state index in [1.54, 1.807) is 30.3 Å². The van der Waals surface area contributed by atoms with Gasteiger partial charge >= 0.3 is 6.09 Å². The summed E-state index contributed by atoms with van der Waals surface area (Å²) in [5.41, 5.74) is 5.33. The molecule has 0 radical (unpaired) electrons. The molecule has 53 heavy (non-hydrogen) atoms. The third-order valence-electron chi connectivity index (χ3n) is 9.93. The molecule has 2 fully saturated rings. The minimum Gasteiger partial charge on any atom is -0.465 e. The van der Waals surface area contributed by atoms with E-state index in [1.807, 2.05) is 43.3 Å². The molecular weight excluding hydrogens is 678 g/mol. The first-order chi connectivity index (χ1) is 25.6. The lowest BCUT2D eigenvalue weighted by atomic mass is 9.81. The van der Waals surface area contributed by atoms with Crippen LogP contribution in [0, 0.1) is 18.8 Å². The van der Waals surface area contributed by atoms with Gasteiger partial charge in [-0.25, -0.2) is 4.79 Å². The third-order valence-corrected chi connectivity index (χ3v) is 9.93.